The van der Waals surface area contributed by atoms with Crippen LogP contribution in [0.15, 0.2) is 28.7 Å². The summed E-state index contributed by atoms with van der Waals surface area (Å²) in [6.07, 6.45) is 0. The Morgan fingerprint density at radius 1 is 1.26 bits per heavy atom. The standard InChI is InChI=1S/C14H16N4O/c1-9-16-10(2)18(17-9)8-12-11-5-3-4-6-13(11)19-14(12)7-15/h3-6H,7-8,15H2,1-2H3. The van der Waals surface area contributed by atoms with Crippen LogP contribution in [0.3, 0.4) is 0 Å². The van der Waals surface area contributed by atoms with Crippen molar-refractivity contribution >= 4 is 11.0 Å². The molecule has 3 rings (SSSR count). The van der Waals surface area contributed by atoms with Crippen LogP contribution in [0, 0.1) is 13.8 Å². The molecular weight excluding hydrogens is 240 g/mol. The first-order chi connectivity index (χ1) is 9.19. The van der Waals surface area contributed by atoms with Crippen molar-refractivity contribution in [3.63, 3.8) is 0 Å². The third-order valence-electron chi connectivity index (χ3n) is 3.24. The maximum absolute atomic E-state index is 5.78. The molecule has 0 aliphatic carbocycles. The lowest BCUT2D eigenvalue weighted by Crippen LogP contribution is -2.07. The van der Waals surface area contributed by atoms with E-state index in [1.165, 1.54) is 0 Å². The number of hydrogen-bond acceptors (Lipinski definition) is 4. The van der Waals surface area contributed by atoms with Gasteiger partial charge in [0.25, 0.3) is 0 Å². The summed E-state index contributed by atoms with van der Waals surface area (Å²) in [5.74, 6) is 2.49. The van der Waals surface area contributed by atoms with E-state index < -0.39 is 0 Å². The molecule has 0 unspecified atom stereocenters. The summed E-state index contributed by atoms with van der Waals surface area (Å²) in [7, 11) is 0. The number of hydrogen-bond donors (Lipinski definition) is 1. The van der Waals surface area contributed by atoms with E-state index in [0.29, 0.717) is 13.1 Å². The molecule has 98 valence electrons. The molecule has 5 nitrogen and oxygen atoms in total. The Morgan fingerprint density at radius 2 is 2.05 bits per heavy atom. The molecule has 1 aromatic carbocycles. The summed E-state index contributed by atoms with van der Waals surface area (Å²) in [5.41, 5.74) is 7.73. The second-order valence-corrected chi connectivity index (χ2v) is 4.57. The second-order valence-electron chi connectivity index (χ2n) is 4.57. The number of fused-ring (bicyclic) bond motifs is 1. The van der Waals surface area contributed by atoms with E-state index in [0.717, 1.165) is 33.9 Å². The molecule has 0 aliphatic rings. The van der Waals surface area contributed by atoms with E-state index in [2.05, 4.69) is 10.1 Å². The van der Waals surface area contributed by atoms with Crippen molar-refractivity contribution in [1.29, 1.82) is 0 Å². The zero-order valence-electron chi connectivity index (χ0n) is 11.1. The van der Waals surface area contributed by atoms with Crippen LogP contribution in [0.2, 0.25) is 0 Å². The van der Waals surface area contributed by atoms with Gasteiger partial charge in [0.1, 0.15) is 23.0 Å². The molecule has 0 spiro atoms. The van der Waals surface area contributed by atoms with Crippen molar-refractivity contribution in [2.45, 2.75) is 26.9 Å². The molecular formula is C14H16N4O. The van der Waals surface area contributed by atoms with Crippen molar-refractivity contribution in [3.05, 3.63) is 47.2 Å². The highest BCUT2D eigenvalue weighted by Gasteiger charge is 2.14. The Kier molecular flexibility index (Phi) is 2.83. The predicted octanol–water partition coefficient (Wildman–Crippen LogP) is 2.15. The summed E-state index contributed by atoms with van der Waals surface area (Å²) >= 11 is 0. The van der Waals surface area contributed by atoms with Crippen LogP contribution in [0.4, 0.5) is 0 Å². The van der Waals surface area contributed by atoms with Gasteiger partial charge in [0.15, 0.2) is 0 Å². The van der Waals surface area contributed by atoms with Gasteiger partial charge in [0, 0.05) is 10.9 Å². The fraction of sp³-hybridized carbons (Fsp3) is 0.286. The Labute approximate surface area is 111 Å². The van der Waals surface area contributed by atoms with Gasteiger partial charge in [0.2, 0.25) is 0 Å². The molecule has 3 aromatic rings. The van der Waals surface area contributed by atoms with E-state index in [4.69, 9.17) is 10.2 Å². The third-order valence-corrected chi connectivity index (χ3v) is 3.24. The predicted molar refractivity (Wildman–Crippen MR) is 72.7 cm³/mol. The number of rotatable bonds is 3. The van der Waals surface area contributed by atoms with E-state index in [-0.39, 0.29) is 0 Å². The van der Waals surface area contributed by atoms with Gasteiger partial charge in [-0.3, -0.25) is 0 Å². The lowest BCUT2D eigenvalue weighted by atomic mass is 10.1. The lowest BCUT2D eigenvalue weighted by molar-refractivity contribution is 0.537. The minimum absolute atomic E-state index is 0.386. The fourth-order valence-corrected chi connectivity index (χ4v) is 2.35. The molecule has 0 fully saturated rings. The molecule has 5 heteroatoms. The highest BCUT2D eigenvalue weighted by atomic mass is 16.3. The van der Waals surface area contributed by atoms with Gasteiger partial charge in [-0.15, -0.1) is 0 Å². The molecule has 2 N–H and O–H groups in total. The average molecular weight is 256 g/mol. The smallest absolute Gasteiger partial charge is 0.147 e. The number of furan rings is 1. The molecule has 0 amide bonds. The molecule has 0 saturated heterocycles. The topological polar surface area (TPSA) is 69.9 Å². The van der Waals surface area contributed by atoms with E-state index in [1.54, 1.807) is 0 Å². The number of nitrogens with zero attached hydrogens (tertiary/aromatic N) is 3. The zero-order valence-corrected chi connectivity index (χ0v) is 11.1. The summed E-state index contributed by atoms with van der Waals surface area (Å²) in [6.45, 7) is 4.86. The Morgan fingerprint density at radius 3 is 2.74 bits per heavy atom. The first kappa shape index (κ1) is 11.9. The van der Waals surface area contributed by atoms with E-state index in [9.17, 15) is 0 Å². The van der Waals surface area contributed by atoms with Crippen LogP contribution in [0.1, 0.15) is 23.0 Å². The van der Waals surface area contributed by atoms with Crippen molar-refractivity contribution in [2.24, 2.45) is 5.73 Å². The Hall–Kier alpha value is -2.14. The number of benzene rings is 1. The molecule has 2 aromatic heterocycles. The Bertz CT molecular complexity index is 726. The second kappa shape index (κ2) is 4.51. The fourth-order valence-electron chi connectivity index (χ4n) is 2.35. The van der Waals surface area contributed by atoms with E-state index in [1.807, 2.05) is 42.8 Å². The van der Waals surface area contributed by atoms with Crippen molar-refractivity contribution < 1.29 is 4.42 Å². The number of aryl methyl sites for hydroxylation is 2. The first-order valence-corrected chi connectivity index (χ1v) is 6.26. The zero-order chi connectivity index (χ0) is 13.4. The SMILES string of the molecule is Cc1nc(C)n(Cc2c(CN)oc3ccccc23)n1. The quantitative estimate of drug-likeness (QED) is 0.779. The van der Waals surface area contributed by atoms with Crippen LogP contribution < -0.4 is 5.73 Å². The van der Waals surface area contributed by atoms with Gasteiger partial charge in [0.05, 0.1) is 13.1 Å². The first-order valence-electron chi connectivity index (χ1n) is 6.26. The van der Waals surface area contributed by atoms with Gasteiger partial charge >= 0.3 is 0 Å². The van der Waals surface area contributed by atoms with Gasteiger partial charge in [-0.2, -0.15) is 5.10 Å². The van der Waals surface area contributed by atoms with Gasteiger partial charge in [-0.1, -0.05) is 18.2 Å². The molecule has 0 atom stereocenters. The molecule has 0 bridgehead atoms. The highest BCUT2D eigenvalue weighted by Crippen LogP contribution is 2.26. The minimum Gasteiger partial charge on any atom is -0.459 e. The van der Waals surface area contributed by atoms with Crippen LogP contribution in [0.5, 0.6) is 0 Å². The van der Waals surface area contributed by atoms with Crippen LogP contribution in [0.25, 0.3) is 11.0 Å². The van der Waals surface area contributed by atoms with E-state index >= 15 is 0 Å². The minimum atomic E-state index is 0.386. The molecule has 19 heavy (non-hydrogen) atoms. The monoisotopic (exact) mass is 256 g/mol. The van der Waals surface area contributed by atoms with Crippen LogP contribution in [-0.2, 0) is 13.1 Å². The molecule has 0 saturated carbocycles. The lowest BCUT2D eigenvalue weighted by Gasteiger charge is -2.03. The molecule has 2 heterocycles. The van der Waals surface area contributed by atoms with Crippen molar-refractivity contribution in [2.75, 3.05) is 0 Å². The van der Waals surface area contributed by atoms with Gasteiger partial charge in [-0.25, -0.2) is 9.67 Å². The summed E-state index contributed by atoms with van der Waals surface area (Å²) in [5, 5.41) is 5.48. The largest absolute Gasteiger partial charge is 0.459 e. The average Bonchev–Trinajstić information content (AvgIpc) is 2.91. The summed E-state index contributed by atoms with van der Waals surface area (Å²) in [4.78, 5) is 4.32. The molecule has 0 aliphatic heterocycles. The molecule has 0 radical (unpaired) electrons. The van der Waals surface area contributed by atoms with Gasteiger partial charge < -0.3 is 10.2 Å². The maximum Gasteiger partial charge on any atom is 0.147 e. The maximum atomic E-state index is 5.78. The number of para-hydroxylation sites is 1. The van der Waals surface area contributed by atoms with Crippen LogP contribution in [-0.4, -0.2) is 14.8 Å². The van der Waals surface area contributed by atoms with Crippen molar-refractivity contribution in [3.8, 4) is 0 Å². The van der Waals surface area contributed by atoms with Gasteiger partial charge in [-0.05, 0) is 19.9 Å². The number of nitrogens with two attached hydrogens (primary N) is 1. The number of aromatic nitrogens is 3. The third kappa shape index (κ3) is 2.02. The summed E-state index contributed by atoms with van der Waals surface area (Å²) < 4.78 is 7.66. The van der Waals surface area contributed by atoms with Crippen LogP contribution >= 0.6 is 0 Å². The summed E-state index contributed by atoms with van der Waals surface area (Å²) in [6, 6.07) is 7.96. The van der Waals surface area contributed by atoms with Crippen molar-refractivity contribution in [1.82, 2.24) is 14.8 Å². The highest BCUT2D eigenvalue weighted by molar-refractivity contribution is 5.82. The normalized spacial score (nSPS) is 11.3. The Balaban J connectivity index is 2.11.